The van der Waals surface area contributed by atoms with Crippen molar-refractivity contribution in [2.45, 2.75) is 6.18 Å². The molecule has 0 saturated heterocycles. The zero-order valence-corrected chi connectivity index (χ0v) is 8.44. The smallest absolute Gasteiger partial charge is 0.236 e. The summed E-state index contributed by atoms with van der Waals surface area (Å²) in [7, 11) is 0. The lowest BCUT2D eigenvalue weighted by atomic mass is 10.1. The van der Waals surface area contributed by atoms with E-state index in [1.807, 2.05) is 0 Å². The lowest BCUT2D eigenvalue weighted by molar-refractivity contribution is -0.137. The van der Waals surface area contributed by atoms with Crippen LogP contribution in [0.4, 0.5) is 13.2 Å². The molecule has 0 amide bonds. The first kappa shape index (κ1) is 10.1. The number of rotatable bonds is 0. The molecule has 0 N–H and O–H groups in total. The van der Waals surface area contributed by atoms with Crippen LogP contribution in [0, 0.1) is 0 Å². The van der Waals surface area contributed by atoms with Gasteiger partial charge >= 0.3 is 6.18 Å². The second kappa shape index (κ2) is 3.19. The van der Waals surface area contributed by atoms with Crippen LogP contribution in [-0.4, -0.2) is 14.6 Å². The molecule has 2 heterocycles. The summed E-state index contributed by atoms with van der Waals surface area (Å²) in [6, 6.07) is 5.25. The molecule has 0 fully saturated rings. The van der Waals surface area contributed by atoms with E-state index < -0.39 is 11.7 Å². The largest absolute Gasteiger partial charge is 0.416 e. The molecule has 3 aromatic rings. The maximum atomic E-state index is 12.5. The van der Waals surface area contributed by atoms with Gasteiger partial charge in [-0.2, -0.15) is 18.3 Å². The Morgan fingerprint density at radius 3 is 2.71 bits per heavy atom. The molecule has 0 aliphatic rings. The summed E-state index contributed by atoms with van der Waals surface area (Å²) in [5.41, 5.74) is 0.359. The van der Waals surface area contributed by atoms with Crippen LogP contribution >= 0.6 is 0 Å². The van der Waals surface area contributed by atoms with Gasteiger partial charge in [-0.3, -0.25) is 0 Å². The third-order valence-electron chi connectivity index (χ3n) is 2.58. The first-order chi connectivity index (χ1) is 8.05. The minimum Gasteiger partial charge on any atom is -0.236 e. The fourth-order valence-electron chi connectivity index (χ4n) is 1.77. The molecule has 3 rings (SSSR count). The second-order valence-electron chi connectivity index (χ2n) is 3.64. The molecule has 17 heavy (non-hydrogen) atoms. The highest BCUT2D eigenvalue weighted by atomic mass is 19.4. The molecule has 0 saturated carbocycles. The second-order valence-corrected chi connectivity index (χ2v) is 3.64. The van der Waals surface area contributed by atoms with Crippen LogP contribution in [0.5, 0.6) is 0 Å². The molecule has 0 unspecified atom stereocenters. The van der Waals surface area contributed by atoms with Crippen molar-refractivity contribution in [3.63, 3.8) is 0 Å². The first-order valence-corrected chi connectivity index (χ1v) is 4.85. The van der Waals surface area contributed by atoms with Crippen LogP contribution in [0.25, 0.3) is 16.4 Å². The fourth-order valence-corrected chi connectivity index (χ4v) is 1.77. The minimum atomic E-state index is -4.34. The molecule has 0 aliphatic carbocycles. The van der Waals surface area contributed by atoms with Crippen LogP contribution < -0.4 is 0 Å². The maximum Gasteiger partial charge on any atom is 0.416 e. The molecule has 86 valence electrons. The number of aromatic nitrogens is 3. The van der Waals surface area contributed by atoms with E-state index in [9.17, 15) is 13.2 Å². The van der Waals surface area contributed by atoms with Gasteiger partial charge in [-0.1, -0.05) is 6.07 Å². The molecule has 2 aromatic heterocycles. The Morgan fingerprint density at radius 1 is 1.12 bits per heavy atom. The third-order valence-corrected chi connectivity index (χ3v) is 2.58. The van der Waals surface area contributed by atoms with Crippen LogP contribution in [0.15, 0.2) is 36.8 Å². The number of nitrogens with zero attached hydrogens (tertiary/aromatic N) is 3. The molecule has 1 aromatic carbocycles. The summed E-state index contributed by atoms with van der Waals surface area (Å²) in [5.74, 6) is 0. The van der Waals surface area contributed by atoms with Crippen LogP contribution in [-0.2, 0) is 6.18 Å². The number of alkyl halides is 3. The summed E-state index contributed by atoms with van der Waals surface area (Å²) in [6.07, 6.45) is -1.37. The predicted octanol–water partition coefficient (Wildman–Crippen LogP) is 2.90. The van der Waals surface area contributed by atoms with Gasteiger partial charge in [0.2, 0.25) is 0 Å². The number of halogens is 3. The van der Waals surface area contributed by atoms with Gasteiger partial charge in [0.05, 0.1) is 22.8 Å². The van der Waals surface area contributed by atoms with Gasteiger partial charge in [0, 0.05) is 5.39 Å². The van der Waals surface area contributed by atoms with Crippen molar-refractivity contribution in [2.75, 3.05) is 0 Å². The SMILES string of the molecule is FC(F)(F)c1ccc2c(c1)ncn1nccc21. The van der Waals surface area contributed by atoms with Gasteiger partial charge in [0.15, 0.2) is 0 Å². The van der Waals surface area contributed by atoms with Gasteiger partial charge in [-0.25, -0.2) is 9.50 Å². The minimum absolute atomic E-state index is 0.313. The molecule has 0 bridgehead atoms. The highest BCUT2D eigenvalue weighted by Gasteiger charge is 2.30. The molecule has 0 aliphatic heterocycles. The Morgan fingerprint density at radius 2 is 1.94 bits per heavy atom. The Bertz CT molecular complexity index is 700. The summed E-state index contributed by atoms with van der Waals surface area (Å²) in [4.78, 5) is 3.96. The zero-order valence-electron chi connectivity index (χ0n) is 8.44. The van der Waals surface area contributed by atoms with E-state index in [2.05, 4.69) is 10.1 Å². The Labute approximate surface area is 93.5 Å². The predicted molar refractivity (Wildman–Crippen MR) is 55.5 cm³/mol. The van der Waals surface area contributed by atoms with E-state index in [0.717, 1.165) is 17.6 Å². The van der Waals surface area contributed by atoms with Crippen LogP contribution in [0.3, 0.4) is 0 Å². The highest BCUT2D eigenvalue weighted by Crippen LogP contribution is 2.31. The van der Waals surface area contributed by atoms with Crippen molar-refractivity contribution in [1.29, 1.82) is 0 Å². The monoisotopic (exact) mass is 237 g/mol. The quantitative estimate of drug-likeness (QED) is 0.601. The van der Waals surface area contributed by atoms with E-state index in [4.69, 9.17) is 0 Å². The molecule has 0 spiro atoms. The van der Waals surface area contributed by atoms with Gasteiger partial charge in [-0.15, -0.1) is 0 Å². The van der Waals surface area contributed by atoms with Gasteiger partial charge in [0.25, 0.3) is 0 Å². The van der Waals surface area contributed by atoms with Crippen molar-refractivity contribution in [2.24, 2.45) is 0 Å². The van der Waals surface area contributed by atoms with Crippen LogP contribution in [0.1, 0.15) is 5.56 Å². The highest BCUT2D eigenvalue weighted by molar-refractivity contribution is 5.93. The number of hydrogen-bond acceptors (Lipinski definition) is 2. The number of benzene rings is 1. The maximum absolute atomic E-state index is 12.5. The van der Waals surface area contributed by atoms with E-state index in [1.165, 1.54) is 16.9 Å². The average Bonchev–Trinajstić information content (AvgIpc) is 2.75. The van der Waals surface area contributed by atoms with Crippen molar-refractivity contribution < 1.29 is 13.2 Å². The zero-order chi connectivity index (χ0) is 12.0. The molecule has 3 nitrogen and oxygen atoms in total. The first-order valence-electron chi connectivity index (χ1n) is 4.85. The average molecular weight is 237 g/mol. The lowest BCUT2D eigenvalue weighted by Crippen LogP contribution is -2.04. The number of fused-ring (bicyclic) bond motifs is 3. The van der Waals surface area contributed by atoms with Gasteiger partial charge in [-0.05, 0) is 18.2 Å². The van der Waals surface area contributed by atoms with E-state index in [1.54, 1.807) is 12.3 Å². The molecular weight excluding hydrogens is 231 g/mol. The van der Waals surface area contributed by atoms with E-state index >= 15 is 0 Å². The van der Waals surface area contributed by atoms with Gasteiger partial charge in [0.1, 0.15) is 6.33 Å². The Hall–Kier alpha value is -2.11. The fraction of sp³-hybridized carbons (Fsp3) is 0.0909. The lowest BCUT2D eigenvalue weighted by Gasteiger charge is -2.07. The molecule has 6 heteroatoms. The topological polar surface area (TPSA) is 30.2 Å². The standard InChI is InChI=1S/C11H6F3N3/c12-11(13,14)7-1-2-8-9(5-7)15-6-17-10(8)3-4-16-17/h1-6H. The van der Waals surface area contributed by atoms with E-state index in [-0.39, 0.29) is 0 Å². The number of hydrogen-bond donors (Lipinski definition) is 0. The summed E-state index contributed by atoms with van der Waals surface area (Å²) in [6.45, 7) is 0. The van der Waals surface area contributed by atoms with Crippen molar-refractivity contribution in [3.8, 4) is 0 Å². The van der Waals surface area contributed by atoms with Gasteiger partial charge < -0.3 is 0 Å². The summed E-state index contributed by atoms with van der Waals surface area (Å²) in [5, 5.41) is 4.62. The molecular formula is C11H6F3N3. The van der Waals surface area contributed by atoms with Crippen LogP contribution in [0.2, 0.25) is 0 Å². The van der Waals surface area contributed by atoms with Crippen molar-refractivity contribution >= 4 is 16.4 Å². The van der Waals surface area contributed by atoms with Crippen molar-refractivity contribution in [3.05, 3.63) is 42.4 Å². The Kier molecular flexibility index (Phi) is 1.89. The van der Waals surface area contributed by atoms with E-state index in [0.29, 0.717) is 10.9 Å². The molecule has 0 radical (unpaired) electrons. The third kappa shape index (κ3) is 1.52. The molecule has 0 atom stereocenters. The summed E-state index contributed by atoms with van der Waals surface area (Å²) < 4.78 is 39.1. The normalized spacial score (nSPS) is 12.4. The van der Waals surface area contributed by atoms with Crippen molar-refractivity contribution in [1.82, 2.24) is 14.6 Å². The summed E-state index contributed by atoms with van der Waals surface area (Å²) >= 11 is 0. The Balaban J connectivity index is 2.34.